The van der Waals surface area contributed by atoms with Crippen molar-refractivity contribution >= 4 is 5.96 Å². The number of hydrogen-bond acceptors (Lipinski definition) is 1. The maximum absolute atomic E-state index is 5.68. The van der Waals surface area contributed by atoms with E-state index in [2.05, 4.69) is 17.2 Å². The van der Waals surface area contributed by atoms with Gasteiger partial charge in [-0.3, -0.25) is 4.99 Å². The maximum Gasteiger partial charge on any atom is 0.188 e. The van der Waals surface area contributed by atoms with Crippen LogP contribution in [-0.2, 0) is 0 Å². The second-order valence-corrected chi connectivity index (χ2v) is 3.39. The van der Waals surface area contributed by atoms with Gasteiger partial charge in [0.15, 0.2) is 5.96 Å². The lowest BCUT2D eigenvalue weighted by Gasteiger charge is -2.11. The Labute approximate surface area is 74.4 Å². The van der Waals surface area contributed by atoms with Gasteiger partial charge in [-0.1, -0.05) is 19.8 Å². The van der Waals surface area contributed by atoms with E-state index in [1.807, 2.05) is 0 Å². The minimum Gasteiger partial charge on any atom is -0.370 e. The monoisotopic (exact) mass is 169 g/mol. The van der Waals surface area contributed by atoms with Crippen LogP contribution in [0.1, 0.15) is 39.0 Å². The topological polar surface area (TPSA) is 50.4 Å². The average Bonchev–Trinajstić information content (AvgIpc) is 2.53. The van der Waals surface area contributed by atoms with Crippen LogP contribution in [0.4, 0.5) is 0 Å². The molecule has 0 atom stereocenters. The second-order valence-electron chi connectivity index (χ2n) is 3.39. The van der Waals surface area contributed by atoms with E-state index >= 15 is 0 Å². The van der Waals surface area contributed by atoms with Gasteiger partial charge in [-0.2, -0.15) is 0 Å². The Morgan fingerprint density at radius 1 is 1.50 bits per heavy atom. The van der Waals surface area contributed by atoms with Gasteiger partial charge in [0, 0.05) is 12.6 Å². The average molecular weight is 169 g/mol. The molecule has 0 aliphatic heterocycles. The molecule has 1 aliphatic rings. The summed E-state index contributed by atoms with van der Waals surface area (Å²) in [6.45, 7) is 2.94. The number of rotatable bonds is 3. The van der Waals surface area contributed by atoms with Crippen molar-refractivity contribution in [1.82, 2.24) is 5.32 Å². The first-order valence-electron chi connectivity index (χ1n) is 4.89. The quantitative estimate of drug-likeness (QED) is 0.493. The third-order valence-corrected chi connectivity index (χ3v) is 2.21. The predicted octanol–water partition coefficient (Wildman–Crippen LogP) is 1.24. The summed E-state index contributed by atoms with van der Waals surface area (Å²) in [4.78, 5) is 4.19. The van der Waals surface area contributed by atoms with Crippen molar-refractivity contribution in [2.24, 2.45) is 10.7 Å². The fourth-order valence-corrected chi connectivity index (χ4v) is 1.56. The van der Waals surface area contributed by atoms with Gasteiger partial charge >= 0.3 is 0 Å². The van der Waals surface area contributed by atoms with Crippen LogP contribution in [0.3, 0.4) is 0 Å². The van der Waals surface area contributed by atoms with Crippen molar-refractivity contribution in [2.45, 2.75) is 45.1 Å². The van der Waals surface area contributed by atoms with Crippen LogP contribution in [0.15, 0.2) is 4.99 Å². The molecule has 1 saturated carbocycles. The highest BCUT2D eigenvalue weighted by Gasteiger charge is 2.14. The van der Waals surface area contributed by atoms with Gasteiger partial charge in [-0.25, -0.2) is 0 Å². The molecular formula is C9H19N3. The zero-order chi connectivity index (χ0) is 8.81. The Hall–Kier alpha value is -0.730. The van der Waals surface area contributed by atoms with Crippen molar-refractivity contribution in [2.75, 3.05) is 6.54 Å². The molecule has 0 saturated heterocycles. The van der Waals surface area contributed by atoms with Gasteiger partial charge < -0.3 is 11.1 Å². The van der Waals surface area contributed by atoms with Crippen molar-refractivity contribution < 1.29 is 0 Å². The number of hydrogen-bond donors (Lipinski definition) is 2. The SMILES string of the molecule is CCCN=C(N)NC1CCCC1. The summed E-state index contributed by atoms with van der Waals surface area (Å²) < 4.78 is 0. The Morgan fingerprint density at radius 3 is 2.75 bits per heavy atom. The van der Waals surface area contributed by atoms with Gasteiger partial charge in [-0.05, 0) is 19.3 Å². The minimum absolute atomic E-state index is 0.589. The molecule has 0 aromatic heterocycles. The molecule has 3 heteroatoms. The Kier molecular flexibility index (Phi) is 3.91. The van der Waals surface area contributed by atoms with E-state index in [0.717, 1.165) is 13.0 Å². The predicted molar refractivity (Wildman–Crippen MR) is 52.2 cm³/mol. The zero-order valence-electron chi connectivity index (χ0n) is 7.84. The Bertz CT molecular complexity index is 148. The number of nitrogens with zero attached hydrogens (tertiary/aromatic N) is 1. The third-order valence-electron chi connectivity index (χ3n) is 2.21. The number of aliphatic imine (C=N–C) groups is 1. The van der Waals surface area contributed by atoms with Gasteiger partial charge in [0.2, 0.25) is 0 Å². The highest BCUT2D eigenvalue weighted by molar-refractivity contribution is 5.78. The van der Waals surface area contributed by atoms with E-state index in [4.69, 9.17) is 5.73 Å². The molecule has 0 unspecified atom stereocenters. The van der Waals surface area contributed by atoms with E-state index in [1.54, 1.807) is 0 Å². The summed E-state index contributed by atoms with van der Waals surface area (Å²) in [6, 6.07) is 0.589. The first kappa shape index (κ1) is 9.36. The van der Waals surface area contributed by atoms with Crippen molar-refractivity contribution in [3.8, 4) is 0 Å². The lowest BCUT2D eigenvalue weighted by atomic mass is 10.2. The van der Waals surface area contributed by atoms with Crippen LogP contribution >= 0.6 is 0 Å². The molecule has 0 heterocycles. The molecule has 3 N–H and O–H groups in total. The minimum atomic E-state index is 0.589. The zero-order valence-corrected chi connectivity index (χ0v) is 7.84. The molecule has 0 bridgehead atoms. The van der Waals surface area contributed by atoms with Crippen LogP contribution in [0.2, 0.25) is 0 Å². The van der Waals surface area contributed by atoms with Crippen LogP contribution in [-0.4, -0.2) is 18.5 Å². The lowest BCUT2D eigenvalue weighted by molar-refractivity contribution is 0.625. The van der Waals surface area contributed by atoms with E-state index in [9.17, 15) is 0 Å². The highest BCUT2D eigenvalue weighted by atomic mass is 15.1. The first-order chi connectivity index (χ1) is 5.83. The van der Waals surface area contributed by atoms with E-state index in [-0.39, 0.29) is 0 Å². The first-order valence-corrected chi connectivity index (χ1v) is 4.89. The number of nitrogens with one attached hydrogen (secondary N) is 1. The molecule has 0 radical (unpaired) electrons. The smallest absolute Gasteiger partial charge is 0.188 e. The normalized spacial score (nSPS) is 19.9. The largest absolute Gasteiger partial charge is 0.370 e. The number of nitrogens with two attached hydrogens (primary N) is 1. The Balaban J connectivity index is 2.19. The van der Waals surface area contributed by atoms with Gasteiger partial charge in [0.1, 0.15) is 0 Å². The summed E-state index contributed by atoms with van der Waals surface area (Å²) in [5, 5.41) is 3.24. The fourth-order valence-electron chi connectivity index (χ4n) is 1.56. The van der Waals surface area contributed by atoms with Gasteiger partial charge in [0.05, 0.1) is 0 Å². The van der Waals surface area contributed by atoms with E-state index < -0.39 is 0 Å². The standard InChI is InChI=1S/C9H19N3/c1-2-7-11-9(10)12-8-5-3-4-6-8/h8H,2-7H2,1H3,(H3,10,11,12). The molecule has 70 valence electrons. The third kappa shape index (κ3) is 3.11. The van der Waals surface area contributed by atoms with Crippen molar-refractivity contribution in [3.63, 3.8) is 0 Å². The van der Waals surface area contributed by atoms with Gasteiger partial charge in [-0.15, -0.1) is 0 Å². The van der Waals surface area contributed by atoms with Crippen LogP contribution in [0.5, 0.6) is 0 Å². The molecule has 0 aromatic rings. The fraction of sp³-hybridized carbons (Fsp3) is 0.889. The molecule has 3 nitrogen and oxygen atoms in total. The van der Waals surface area contributed by atoms with Crippen LogP contribution < -0.4 is 11.1 Å². The van der Waals surface area contributed by atoms with Crippen molar-refractivity contribution in [3.05, 3.63) is 0 Å². The maximum atomic E-state index is 5.68. The molecule has 0 aromatic carbocycles. The molecule has 1 fully saturated rings. The molecule has 12 heavy (non-hydrogen) atoms. The molecular weight excluding hydrogens is 150 g/mol. The van der Waals surface area contributed by atoms with Crippen LogP contribution in [0.25, 0.3) is 0 Å². The molecule has 0 spiro atoms. The van der Waals surface area contributed by atoms with Crippen molar-refractivity contribution in [1.29, 1.82) is 0 Å². The number of guanidine groups is 1. The second kappa shape index (κ2) is 5.01. The molecule has 0 amide bonds. The van der Waals surface area contributed by atoms with Gasteiger partial charge in [0.25, 0.3) is 0 Å². The molecule has 1 aliphatic carbocycles. The Morgan fingerprint density at radius 2 is 2.17 bits per heavy atom. The van der Waals surface area contributed by atoms with Crippen LogP contribution in [0, 0.1) is 0 Å². The summed E-state index contributed by atoms with van der Waals surface area (Å²) in [7, 11) is 0. The summed E-state index contributed by atoms with van der Waals surface area (Å²) in [5.41, 5.74) is 5.68. The highest BCUT2D eigenvalue weighted by Crippen LogP contribution is 2.17. The summed E-state index contributed by atoms with van der Waals surface area (Å²) >= 11 is 0. The molecule has 1 rings (SSSR count). The lowest BCUT2D eigenvalue weighted by Crippen LogP contribution is -2.38. The summed E-state index contributed by atoms with van der Waals surface area (Å²) in [5.74, 6) is 0.628. The van der Waals surface area contributed by atoms with E-state index in [0.29, 0.717) is 12.0 Å². The van der Waals surface area contributed by atoms with E-state index in [1.165, 1.54) is 25.7 Å². The summed E-state index contributed by atoms with van der Waals surface area (Å²) in [6.07, 6.45) is 6.23.